The Bertz CT molecular complexity index is 336. The zero-order valence-electron chi connectivity index (χ0n) is 21.8. The average Bonchev–Trinajstić information content (AvgIpc) is 2.78. The van der Waals surface area contributed by atoms with Crippen molar-refractivity contribution in [2.24, 2.45) is 0 Å². The molecule has 0 heterocycles. The Morgan fingerprint density at radius 1 is 0.364 bits per heavy atom. The average molecular weight is 515 g/mol. The first-order valence-electron chi connectivity index (χ1n) is 13.7. The van der Waals surface area contributed by atoms with Gasteiger partial charge in [-0.1, -0.05) is 136 Å². The van der Waals surface area contributed by atoms with E-state index in [0.29, 0.717) is 13.2 Å². The molecule has 0 amide bonds. The van der Waals surface area contributed by atoms with Gasteiger partial charge in [-0.3, -0.25) is 0 Å². The van der Waals surface area contributed by atoms with Crippen molar-refractivity contribution in [2.45, 2.75) is 149 Å². The van der Waals surface area contributed by atoms with Gasteiger partial charge in [0.15, 0.2) is 0 Å². The Hall–Kier alpha value is 0.620. The van der Waals surface area contributed by atoms with E-state index in [1.165, 1.54) is 109 Å². The first-order valence-corrected chi connectivity index (χ1v) is 16.0. The Kier molecular flexibility index (Phi) is 35.4. The van der Waals surface area contributed by atoms with Gasteiger partial charge in [0.25, 0.3) is 0 Å². The second-order valence-corrected chi connectivity index (χ2v) is 10.4. The lowest BCUT2D eigenvalue weighted by atomic mass is 10.1. The van der Waals surface area contributed by atoms with Gasteiger partial charge >= 0.3 is 17.2 Å². The highest BCUT2D eigenvalue weighted by molar-refractivity contribution is 7.39. The molecule has 0 aliphatic rings. The first-order chi connectivity index (χ1) is 16.0. The van der Waals surface area contributed by atoms with E-state index in [0.717, 1.165) is 25.7 Å². The van der Waals surface area contributed by atoms with Gasteiger partial charge in [-0.05, 0) is 12.8 Å². The van der Waals surface area contributed by atoms with Crippen LogP contribution in [0.2, 0.25) is 0 Å². The van der Waals surface area contributed by atoms with Crippen LogP contribution in [0.3, 0.4) is 0 Å². The van der Waals surface area contributed by atoms with E-state index in [1.54, 1.807) is 0 Å². The van der Waals surface area contributed by atoms with Gasteiger partial charge in [0.2, 0.25) is 0 Å². The quantitative estimate of drug-likeness (QED) is 0.0718. The minimum atomic E-state index is -2.14. The first kappa shape index (κ1) is 35.8. The van der Waals surface area contributed by atoms with Crippen molar-refractivity contribution in [3.05, 3.63) is 0 Å². The van der Waals surface area contributed by atoms with E-state index in [1.807, 2.05) is 0 Å². The molecule has 0 aromatic heterocycles. The van der Waals surface area contributed by atoms with Crippen molar-refractivity contribution in [1.82, 2.24) is 0 Å². The van der Waals surface area contributed by atoms with Gasteiger partial charge in [0.05, 0.1) is 13.2 Å². The number of rotatable bonds is 25. The van der Waals surface area contributed by atoms with Crippen molar-refractivity contribution in [1.29, 1.82) is 0 Å². The SMILES string of the molecule is CCCCCCCCCCCCCOP(O)O.CCCCCCCCCCCCOP(O)O. The van der Waals surface area contributed by atoms with Gasteiger partial charge < -0.3 is 28.6 Å². The lowest BCUT2D eigenvalue weighted by molar-refractivity contribution is 0.247. The van der Waals surface area contributed by atoms with E-state index in [9.17, 15) is 0 Å². The predicted molar refractivity (Wildman–Crippen MR) is 143 cm³/mol. The Balaban J connectivity index is 0. The van der Waals surface area contributed by atoms with Crippen molar-refractivity contribution in [3.8, 4) is 0 Å². The van der Waals surface area contributed by atoms with Crippen LogP contribution >= 0.6 is 17.2 Å². The van der Waals surface area contributed by atoms with Gasteiger partial charge in [0.1, 0.15) is 0 Å². The minimum Gasteiger partial charge on any atom is -0.328 e. The van der Waals surface area contributed by atoms with Crippen LogP contribution in [0.1, 0.15) is 149 Å². The molecular weight excluding hydrogens is 458 g/mol. The molecule has 0 spiro atoms. The van der Waals surface area contributed by atoms with Crippen LogP contribution in [0.4, 0.5) is 0 Å². The van der Waals surface area contributed by atoms with Crippen LogP contribution in [-0.4, -0.2) is 32.8 Å². The highest BCUT2D eigenvalue weighted by Gasteiger charge is 1.99. The monoisotopic (exact) mass is 514 g/mol. The third kappa shape index (κ3) is 40.1. The molecule has 0 atom stereocenters. The van der Waals surface area contributed by atoms with E-state index in [-0.39, 0.29) is 0 Å². The molecule has 6 nitrogen and oxygen atoms in total. The fraction of sp³-hybridized carbons (Fsp3) is 1.00. The van der Waals surface area contributed by atoms with Crippen LogP contribution in [0.25, 0.3) is 0 Å². The predicted octanol–water partition coefficient (Wildman–Crippen LogP) is 8.66. The molecule has 0 aromatic carbocycles. The summed E-state index contributed by atoms with van der Waals surface area (Å²) in [4.78, 5) is 34.0. The molecule has 0 unspecified atom stereocenters. The highest BCUT2D eigenvalue weighted by Crippen LogP contribution is 2.25. The van der Waals surface area contributed by atoms with Gasteiger partial charge in [-0.15, -0.1) is 0 Å². The van der Waals surface area contributed by atoms with Crippen LogP contribution in [0.15, 0.2) is 0 Å². The Morgan fingerprint density at radius 3 is 0.788 bits per heavy atom. The van der Waals surface area contributed by atoms with Gasteiger partial charge in [0, 0.05) is 0 Å². The summed E-state index contributed by atoms with van der Waals surface area (Å²) in [5.74, 6) is 0. The molecule has 202 valence electrons. The van der Waals surface area contributed by atoms with Crippen molar-refractivity contribution in [2.75, 3.05) is 13.2 Å². The molecule has 0 bridgehead atoms. The summed E-state index contributed by atoms with van der Waals surface area (Å²) >= 11 is 0. The summed E-state index contributed by atoms with van der Waals surface area (Å²) in [6.07, 6.45) is 27.1. The van der Waals surface area contributed by atoms with Crippen LogP contribution in [-0.2, 0) is 9.05 Å². The summed E-state index contributed by atoms with van der Waals surface area (Å²) in [5, 5.41) is 0. The van der Waals surface area contributed by atoms with E-state index in [4.69, 9.17) is 24.1 Å². The molecule has 0 rings (SSSR count). The highest BCUT2D eigenvalue weighted by atomic mass is 31.2. The molecule has 33 heavy (non-hydrogen) atoms. The molecule has 8 heteroatoms. The third-order valence-electron chi connectivity index (χ3n) is 5.66. The van der Waals surface area contributed by atoms with Crippen LogP contribution in [0.5, 0.6) is 0 Å². The van der Waals surface area contributed by atoms with Crippen LogP contribution < -0.4 is 0 Å². The fourth-order valence-electron chi connectivity index (χ4n) is 3.65. The van der Waals surface area contributed by atoms with Crippen molar-refractivity contribution in [3.63, 3.8) is 0 Å². The standard InChI is InChI=1S/C13H29O3P.C12H27O3P/c1-2-3-4-5-6-7-8-9-10-11-12-13-16-17(14)15;1-2-3-4-5-6-7-8-9-10-11-12-15-16(13)14/h14-15H,2-13H2,1H3;13-14H,2-12H2,1H3. The molecule has 0 saturated carbocycles. The summed E-state index contributed by atoms with van der Waals surface area (Å²) in [6.45, 7) is 5.46. The zero-order valence-corrected chi connectivity index (χ0v) is 23.6. The molecule has 0 aliphatic carbocycles. The maximum absolute atomic E-state index is 8.51. The number of hydrogen-bond acceptors (Lipinski definition) is 6. The summed E-state index contributed by atoms with van der Waals surface area (Å²) in [7, 11) is -4.28. The summed E-state index contributed by atoms with van der Waals surface area (Å²) in [5.41, 5.74) is 0. The van der Waals surface area contributed by atoms with Crippen molar-refractivity contribution >= 4 is 17.2 Å². The molecule has 0 radical (unpaired) electrons. The molecule has 0 saturated heterocycles. The van der Waals surface area contributed by atoms with Gasteiger partial charge in [-0.2, -0.15) is 0 Å². The zero-order chi connectivity index (χ0) is 24.8. The van der Waals surface area contributed by atoms with E-state index >= 15 is 0 Å². The molecule has 4 N–H and O–H groups in total. The lowest BCUT2D eigenvalue weighted by Crippen LogP contribution is -1.89. The largest absolute Gasteiger partial charge is 0.328 e. The topological polar surface area (TPSA) is 99.4 Å². The molecule has 0 aromatic rings. The number of hydrogen-bond donors (Lipinski definition) is 4. The minimum absolute atomic E-state index is 0.481. The van der Waals surface area contributed by atoms with E-state index in [2.05, 4.69) is 18.4 Å². The summed E-state index contributed by atoms with van der Waals surface area (Å²) in [6, 6.07) is 0. The van der Waals surface area contributed by atoms with Crippen molar-refractivity contribution < 1.29 is 28.6 Å². The Labute approximate surface area is 207 Å². The molecule has 0 fully saturated rings. The fourth-order valence-corrected chi connectivity index (χ4v) is 4.23. The third-order valence-corrected chi connectivity index (χ3v) is 6.49. The number of unbranched alkanes of at least 4 members (excludes halogenated alkanes) is 19. The maximum Gasteiger partial charge on any atom is 0.327 e. The molecule has 0 aliphatic heterocycles. The van der Waals surface area contributed by atoms with Crippen LogP contribution in [0, 0.1) is 0 Å². The molecular formula is C25H56O6P2. The smallest absolute Gasteiger partial charge is 0.327 e. The Morgan fingerprint density at radius 2 is 0.576 bits per heavy atom. The second-order valence-electron chi connectivity index (χ2n) is 8.89. The van der Waals surface area contributed by atoms with Gasteiger partial charge in [-0.25, -0.2) is 0 Å². The normalized spacial score (nSPS) is 11.3. The maximum atomic E-state index is 8.51. The lowest BCUT2D eigenvalue weighted by Gasteiger charge is -2.04. The second kappa shape index (κ2) is 32.6. The summed E-state index contributed by atoms with van der Waals surface area (Å²) < 4.78 is 9.39. The van der Waals surface area contributed by atoms with E-state index < -0.39 is 17.2 Å².